The Labute approximate surface area is 304 Å². The van der Waals surface area contributed by atoms with E-state index < -0.39 is 13.8 Å². The number of pyridine rings is 1. The first-order valence-corrected chi connectivity index (χ1v) is 17.5. The first-order chi connectivity index (χ1) is 26.5. The summed E-state index contributed by atoms with van der Waals surface area (Å²) in [6.45, 7) is -4.72. The Morgan fingerprint density at radius 1 is 0.816 bits per heavy atom. The molecular weight excluding hydrogens is 784 g/mol. The average molecular weight is 824 g/mol. The van der Waals surface area contributed by atoms with Crippen molar-refractivity contribution in [1.29, 1.82) is 0 Å². The smallest absolute Gasteiger partial charge is 0.238 e. The molecule has 0 saturated carbocycles. The van der Waals surface area contributed by atoms with Crippen molar-refractivity contribution in [2.45, 2.75) is 38.6 Å². The molecule has 0 radical (unpaired) electrons. The van der Waals surface area contributed by atoms with Crippen molar-refractivity contribution in [2.24, 2.45) is 6.98 Å². The Bertz CT molecular complexity index is 2820. The molecule has 0 spiro atoms. The second kappa shape index (κ2) is 12.2. The zero-order valence-corrected chi connectivity index (χ0v) is 28.7. The van der Waals surface area contributed by atoms with Crippen LogP contribution < -0.4 is 4.74 Å². The third-order valence-electron chi connectivity index (χ3n) is 9.58. The van der Waals surface area contributed by atoms with E-state index in [4.69, 9.17) is 17.9 Å². The number of ether oxygens (including phenoxy) is 1. The van der Waals surface area contributed by atoms with Gasteiger partial charge in [-0.3, -0.25) is 0 Å². The van der Waals surface area contributed by atoms with Gasteiger partial charge in [0.2, 0.25) is 0 Å². The number of benzene rings is 5. The molecule has 0 fully saturated rings. The Hall–Kier alpha value is -4.99. The van der Waals surface area contributed by atoms with Crippen LogP contribution in [-0.2, 0) is 32.8 Å². The quantitative estimate of drug-likeness (QED) is 0.128. The molecule has 5 aromatic carbocycles. The van der Waals surface area contributed by atoms with Crippen LogP contribution in [0.2, 0.25) is 0 Å². The van der Waals surface area contributed by atoms with Crippen LogP contribution in [0.4, 0.5) is 0 Å². The Morgan fingerprint density at radius 3 is 2.45 bits per heavy atom. The SMILES string of the molecule is [2H]C([2H])([2H])c1cc(-n2c3[c-]c(Oc4[c-]c5c(cc4)CCCCC5n4[c](=[Pt])n(C([2H])([2H])[2H])c5ccccc54)ccc3c3ccccc32)ncc1-c1ccccc1. The van der Waals surface area contributed by atoms with E-state index in [1.54, 1.807) is 12.3 Å². The fourth-order valence-corrected chi connectivity index (χ4v) is 8.19. The van der Waals surface area contributed by atoms with E-state index in [2.05, 4.69) is 42.1 Å². The van der Waals surface area contributed by atoms with E-state index in [-0.39, 0.29) is 11.6 Å². The van der Waals surface area contributed by atoms with Gasteiger partial charge >= 0.3 is 206 Å². The number of nitrogens with zero attached hydrogens (tertiary/aromatic N) is 4. The maximum atomic E-state index is 8.44. The maximum absolute atomic E-state index is 8.44. The van der Waals surface area contributed by atoms with E-state index in [0.717, 1.165) is 58.6 Å². The van der Waals surface area contributed by atoms with Crippen molar-refractivity contribution in [1.82, 2.24) is 18.7 Å². The second-order valence-corrected chi connectivity index (χ2v) is 13.5. The number of aryl methyl sites for hydroxylation is 3. The Balaban J connectivity index is 1.15. The summed E-state index contributed by atoms with van der Waals surface area (Å²) in [5.74, 6) is 1.46. The third-order valence-corrected chi connectivity index (χ3v) is 10.6. The van der Waals surface area contributed by atoms with E-state index in [1.807, 2.05) is 102 Å². The molecule has 0 saturated heterocycles. The third kappa shape index (κ3) is 5.11. The number of hydrogen-bond donors (Lipinski definition) is 0. The van der Waals surface area contributed by atoms with Crippen LogP contribution in [0, 0.1) is 22.8 Å². The summed E-state index contributed by atoms with van der Waals surface area (Å²) >= 11 is 2.15. The predicted octanol–water partition coefficient (Wildman–Crippen LogP) is 10.2. The van der Waals surface area contributed by atoms with Crippen LogP contribution >= 0.6 is 0 Å². The normalized spacial score (nSPS) is 17.1. The number of fused-ring (bicyclic) bond motifs is 5. The van der Waals surface area contributed by atoms with Crippen molar-refractivity contribution in [3.05, 3.63) is 148 Å². The van der Waals surface area contributed by atoms with Crippen LogP contribution in [0.3, 0.4) is 0 Å². The number of para-hydroxylation sites is 3. The van der Waals surface area contributed by atoms with Gasteiger partial charge in [-0.1, -0.05) is 48.5 Å². The molecule has 0 N–H and O–H groups in total. The van der Waals surface area contributed by atoms with Crippen molar-refractivity contribution >= 4 is 32.8 Å². The van der Waals surface area contributed by atoms with E-state index in [1.165, 1.54) is 10.1 Å². The first-order valence-electron chi connectivity index (χ1n) is 19.4. The van der Waals surface area contributed by atoms with Crippen LogP contribution in [-0.4, -0.2) is 18.7 Å². The fourth-order valence-electron chi connectivity index (χ4n) is 7.29. The molecule has 5 nitrogen and oxygen atoms in total. The number of hydrogen-bond acceptors (Lipinski definition) is 2. The van der Waals surface area contributed by atoms with Gasteiger partial charge in [0.05, 0.1) is 0 Å². The van der Waals surface area contributed by atoms with Crippen LogP contribution in [0.25, 0.3) is 49.8 Å². The van der Waals surface area contributed by atoms with Gasteiger partial charge < -0.3 is 0 Å². The molecule has 0 bridgehead atoms. The minimum atomic E-state index is -2.38. The standard InChI is InChI=1S/C43H34N4O.Pt/c1-29-24-43(44-27-37(29)30-12-4-3-5-13-30)47-39-17-9-7-15-34(39)35-23-22-33(26-42(35)47)48-32-21-20-31-14-6-8-16-38(36(31)25-32)46-28-45(2)40-18-10-11-19-41(40)46;/h3-5,7,9-13,15,17-24,27,38H,6,8,14,16H2,1-2H3;/q-2;/i1D3,2D3;. The topological polar surface area (TPSA) is 36.9 Å². The summed E-state index contributed by atoms with van der Waals surface area (Å²) in [4.78, 5) is 4.83. The van der Waals surface area contributed by atoms with Gasteiger partial charge in [-0.2, -0.15) is 0 Å². The van der Waals surface area contributed by atoms with Gasteiger partial charge in [0.1, 0.15) is 0 Å². The van der Waals surface area contributed by atoms with Crippen LogP contribution in [0.15, 0.2) is 115 Å². The Morgan fingerprint density at radius 2 is 1.59 bits per heavy atom. The molecule has 49 heavy (non-hydrogen) atoms. The average Bonchev–Trinajstić information content (AvgIpc) is 3.57. The van der Waals surface area contributed by atoms with Gasteiger partial charge in [0.15, 0.2) is 0 Å². The summed E-state index contributed by atoms with van der Waals surface area (Å²) < 4.78 is 63.0. The van der Waals surface area contributed by atoms with Gasteiger partial charge in [0.25, 0.3) is 0 Å². The Kier molecular flexibility index (Phi) is 6.00. The molecule has 1 aliphatic carbocycles. The number of aromatic nitrogens is 4. The summed E-state index contributed by atoms with van der Waals surface area (Å²) in [7, 11) is 0. The molecule has 244 valence electrons. The van der Waals surface area contributed by atoms with Gasteiger partial charge in [-0.05, 0) is 30.1 Å². The van der Waals surface area contributed by atoms with Crippen molar-refractivity contribution in [3.63, 3.8) is 0 Å². The van der Waals surface area contributed by atoms with Crippen LogP contribution in [0.1, 0.15) is 50.2 Å². The molecule has 9 rings (SSSR count). The van der Waals surface area contributed by atoms with Crippen molar-refractivity contribution in [3.8, 4) is 28.4 Å². The van der Waals surface area contributed by atoms with Crippen molar-refractivity contribution in [2.75, 3.05) is 0 Å². The van der Waals surface area contributed by atoms with Gasteiger partial charge in [-0.15, -0.1) is 0 Å². The van der Waals surface area contributed by atoms with Crippen LogP contribution in [0.5, 0.6) is 11.5 Å². The molecule has 0 aliphatic heterocycles. The van der Waals surface area contributed by atoms with Gasteiger partial charge in [-0.25, -0.2) is 4.98 Å². The molecule has 3 aromatic heterocycles. The zero-order chi connectivity index (χ0) is 38.1. The summed E-state index contributed by atoms with van der Waals surface area (Å²) in [5.41, 5.74) is 6.80. The minimum absolute atomic E-state index is 0.145. The monoisotopic (exact) mass is 823 g/mol. The van der Waals surface area contributed by atoms with E-state index in [0.29, 0.717) is 37.7 Å². The van der Waals surface area contributed by atoms with Crippen molar-refractivity contribution < 1.29 is 32.3 Å². The molecule has 3 heterocycles. The molecule has 8 aromatic rings. The minimum Gasteiger partial charge on any atom is -0.238 e. The summed E-state index contributed by atoms with van der Waals surface area (Å²) in [6, 6.07) is 41.6. The van der Waals surface area contributed by atoms with Gasteiger partial charge in [0, 0.05) is 15.9 Å². The predicted molar refractivity (Wildman–Crippen MR) is 193 cm³/mol. The molecule has 1 atom stereocenters. The molecule has 1 unspecified atom stereocenters. The summed E-state index contributed by atoms with van der Waals surface area (Å²) in [6.07, 6.45) is 5.37. The first kappa shape index (κ1) is 24.2. The number of imidazole rings is 1. The molecule has 1 aliphatic rings. The molecule has 6 heteroatoms. The van der Waals surface area contributed by atoms with E-state index in [9.17, 15) is 0 Å². The van der Waals surface area contributed by atoms with E-state index >= 15 is 0 Å². The zero-order valence-electron chi connectivity index (χ0n) is 32.4. The second-order valence-electron chi connectivity index (χ2n) is 12.5. The summed E-state index contributed by atoms with van der Waals surface area (Å²) in [5, 5.41) is 1.90. The molecular formula is C43H34N4OPt-2. The number of rotatable bonds is 5. The molecule has 0 amide bonds. The fraction of sp³-hybridized carbons (Fsp3) is 0.163.